The summed E-state index contributed by atoms with van der Waals surface area (Å²) < 4.78 is 51.5. The number of fused-ring (bicyclic) bond motifs is 2. The van der Waals surface area contributed by atoms with Crippen molar-refractivity contribution >= 4 is 29.2 Å². The molecule has 2 bridgehead atoms. The summed E-state index contributed by atoms with van der Waals surface area (Å²) in [5, 5.41) is 4.19. The highest BCUT2D eigenvalue weighted by Gasteiger charge is 2.43. The Labute approximate surface area is 270 Å². The van der Waals surface area contributed by atoms with E-state index in [1.165, 1.54) is 7.11 Å². The Morgan fingerprint density at radius 3 is 2.46 bits per heavy atom. The summed E-state index contributed by atoms with van der Waals surface area (Å²) in [6.07, 6.45) is 3.00. The maximum Gasteiger partial charge on any atom is 0.409 e. The van der Waals surface area contributed by atoms with Crippen LogP contribution < -0.4 is 10.1 Å². The van der Waals surface area contributed by atoms with Crippen molar-refractivity contribution in [3.8, 4) is 5.75 Å². The van der Waals surface area contributed by atoms with Gasteiger partial charge in [0.1, 0.15) is 0 Å². The number of rotatable bonds is 10. The Bertz CT molecular complexity index is 1650. The van der Waals surface area contributed by atoms with Crippen LogP contribution in [0.5, 0.6) is 5.75 Å². The van der Waals surface area contributed by atoms with Gasteiger partial charge < -0.3 is 24.6 Å². The zero-order chi connectivity index (χ0) is 32.4. The van der Waals surface area contributed by atoms with Crippen LogP contribution in [0.1, 0.15) is 42.4 Å². The number of nitrogens with zero attached hydrogens (tertiary/aromatic N) is 2. The molecule has 3 aromatic carbocycles. The molecular formula is C35H35ClF3N3O4. The lowest BCUT2D eigenvalue weighted by Gasteiger charge is -2.44. The second kappa shape index (κ2) is 13.8. The zero-order valence-electron chi connectivity index (χ0n) is 25.4. The summed E-state index contributed by atoms with van der Waals surface area (Å²) in [4.78, 5) is 30.6. The second-order valence-corrected chi connectivity index (χ2v) is 12.4. The van der Waals surface area contributed by atoms with E-state index in [1.54, 1.807) is 4.90 Å². The summed E-state index contributed by atoms with van der Waals surface area (Å²) in [6, 6.07) is 16.7. The third-order valence-corrected chi connectivity index (χ3v) is 9.14. The van der Waals surface area contributed by atoms with Crippen LogP contribution in [0.4, 0.5) is 18.0 Å². The lowest BCUT2D eigenvalue weighted by atomic mass is 9.82. The van der Waals surface area contributed by atoms with Crippen LogP contribution in [-0.4, -0.2) is 66.7 Å². The number of hydrogen-bond donors (Lipinski definition) is 1. The molecule has 1 saturated carbocycles. The van der Waals surface area contributed by atoms with E-state index in [-0.39, 0.29) is 30.6 Å². The maximum absolute atomic E-state index is 14.5. The molecule has 2 atom stereocenters. The van der Waals surface area contributed by atoms with Crippen molar-refractivity contribution in [3.63, 3.8) is 0 Å². The lowest BCUT2D eigenvalue weighted by Crippen LogP contribution is -2.62. The average Bonchev–Trinajstić information content (AvgIpc) is 3.90. The summed E-state index contributed by atoms with van der Waals surface area (Å²) in [6.45, 7) is 1.17. The molecule has 0 radical (unpaired) electrons. The quantitative estimate of drug-likeness (QED) is 0.199. The van der Waals surface area contributed by atoms with E-state index in [0.29, 0.717) is 49.5 Å². The monoisotopic (exact) mass is 653 g/mol. The Morgan fingerprint density at radius 1 is 1.00 bits per heavy atom. The number of methoxy groups -OCH3 is 1. The molecule has 6 rings (SSSR count). The van der Waals surface area contributed by atoms with Crippen LogP contribution in [-0.2, 0) is 22.5 Å². The summed E-state index contributed by atoms with van der Waals surface area (Å²) in [5.41, 5.74) is 4.36. The number of amides is 2. The number of nitrogens with one attached hydrogen (secondary N) is 1. The molecule has 1 unspecified atom stereocenters. The Hall–Kier alpha value is -4.02. The van der Waals surface area contributed by atoms with E-state index < -0.39 is 29.3 Å². The Balaban J connectivity index is 1.23. The molecule has 1 saturated heterocycles. The molecular weight excluding hydrogens is 619 g/mol. The summed E-state index contributed by atoms with van der Waals surface area (Å²) in [7, 11) is 1.36. The van der Waals surface area contributed by atoms with E-state index in [2.05, 4.69) is 5.32 Å². The number of aryl methyl sites for hydroxylation is 1. The Morgan fingerprint density at radius 2 is 1.74 bits per heavy atom. The van der Waals surface area contributed by atoms with Crippen LogP contribution >= 0.6 is 11.6 Å². The van der Waals surface area contributed by atoms with Crippen molar-refractivity contribution in [3.05, 3.63) is 105 Å². The third-order valence-electron chi connectivity index (χ3n) is 8.78. The van der Waals surface area contributed by atoms with Gasteiger partial charge in [0.25, 0.3) is 5.91 Å². The van der Waals surface area contributed by atoms with Crippen molar-refractivity contribution in [2.75, 3.05) is 26.8 Å². The van der Waals surface area contributed by atoms with Gasteiger partial charge >= 0.3 is 6.09 Å². The highest BCUT2D eigenvalue weighted by molar-refractivity contribution is 6.31. The number of carbonyl (C=O) groups is 2. The van der Waals surface area contributed by atoms with Gasteiger partial charge in [0.15, 0.2) is 17.4 Å². The number of benzene rings is 3. The summed E-state index contributed by atoms with van der Waals surface area (Å²) in [5.74, 6) is -4.23. The molecule has 2 fully saturated rings. The van der Waals surface area contributed by atoms with E-state index in [0.717, 1.165) is 47.2 Å². The fourth-order valence-electron chi connectivity index (χ4n) is 6.33. The predicted molar refractivity (Wildman–Crippen MR) is 168 cm³/mol. The number of piperazine rings is 1. The number of carbonyl (C=O) groups excluding carboxylic acids is 2. The fourth-order valence-corrected chi connectivity index (χ4v) is 6.52. The van der Waals surface area contributed by atoms with Crippen LogP contribution in [0.2, 0.25) is 5.02 Å². The van der Waals surface area contributed by atoms with Crippen LogP contribution in [0.15, 0.2) is 66.2 Å². The standard InChI is InChI=1S/C35H35ClF3N3O4/c1-45-35(44)41-19-24-17-26(22-10-8-21(9-11-22)5-4-16-46-33-29(38)15-14-28(37)32(33)39)31(30(20-41)40-24)34(43)42(25-12-13-25)18-23-6-2-3-7-27(23)36/h2-3,6-11,14-15,24-25,30,40H,4-5,12-13,16-20H2,1H3/t24?,30-/m1/s1. The molecule has 7 nitrogen and oxygen atoms in total. The first-order valence-electron chi connectivity index (χ1n) is 15.5. The predicted octanol–water partition coefficient (Wildman–Crippen LogP) is 6.53. The molecule has 11 heteroatoms. The molecule has 2 aliphatic heterocycles. The SMILES string of the molecule is COC(=O)N1CC2CC(c3ccc(CCCOc4c(F)ccc(F)c4F)cc3)=C(C(=O)N(Cc3ccccc3Cl)C3CC3)[C@@H](C1)N2. The van der Waals surface area contributed by atoms with Gasteiger partial charge in [-0.1, -0.05) is 54.1 Å². The largest absolute Gasteiger partial charge is 0.488 e. The minimum Gasteiger partial charge on any atom is -0.488 e. The van der Waals surface area contributed by atoms with Gasteiger partial charge in [0, 0.05) is 42.3 Å². The van der Waals surface area contributed by atoms with Crippen molar-refractivity contribution < 1.29 is 32.2 Å². The number of ether oxygens (including phenoxy) is 2. The fraction of sp³-hybridized carbons (Fsp3) is 0.371. The molecule has 0 aromatic heterocycles. The first-order valence-corrected chi connectivity index (χ1v) is 15.8. The highest BCUT2D eigenvalue weighted by Crippen LogP contribution is 2.38. The number of hydrogen-bond acceptors (Lipinski definition) is 5. The summed E-state index contributed by atoms with van der Waals surface area (Å²) >= 11 is 6.50. The molecule has 46 heavy (non-hydrogen) atoms. The highest BCUT2D eigenvalue weighted by atomic mass is 35.5. The van der Waals surface area contributed by atoms with Gasteiger partial charge in [-0.3, -0.25) is 4.79 Å². The third kappa shape index (κ3) is 6.88. The molecule has 3 aliphatic rings. The molecule has 1 N–H and O–H groups in total. The first kappa shape index (κ1) is 31.9. The first-order chi connectivity index (χ1) is 22.2. The minimum atomic E-state index is -1.34. The van der Waals surface area contributed by atoms with Crippen LogP contribution in [0.3, 0.4) is 0 Å². The zero-order valence-corrected chi connectivity index (χ0v) is 26.2. The van der Waals surface area contributed by atoms with Gasteiger partial charge in [0.05, 0.1) is 19.8 Å². The van der Waals surface area contributed by atoms with E-state index in [9.17, 15) is 22.8 Å². The second-order valence-electron chi connectivity index (χ2n) is 12.0. The van der Waals surface area contributed by atoms with Gasteiger partial charge in [-0.15, -0.1) is 0 Å². The lowest BCUT2D eigenvalue weighted by molar-refractivity contribution is -0.128. The molecule has 3 aromatic rings. The van der Waals surface area contributed by atoms with Gasteiger partial charge in [-0.2, -0.15) is 4.39 Å². The van der Waals surface area contributed by atoms with Crippen molar-refractivity contribution in [2.45, 2.75) is 56.8 Å². The van der Waals surface area contributed by atoms with Crippen LogP contribution in [0.25, 0.3) is 5.57 Å². The van der Waals surface area contributed by atoms with Crippen molar-refractivity contribution in [1.82, 2.24) is 15.1 Å². The normalized spacial score (nSPS) is 19.2. The van der Waals surface area contributed by atoms with Gasteiger partial charge in [-0.05, 0) is 72.6 Å². The van der Waals surface area contributed by atoms with Crippen molar-refractivity contribution in [1.29, 1.82) is 0 Å². The van der Waals surface area contributed by atoms with Gasteiger partial charge in [-0.25, -0.2) is 13.6 Å². The Kier molecular flexibility index (Phi) is 9.56. The topological polar surface area (TPSA) is 71.1 Å². The molecule has 1 aliphatic carbocycles. The molecule has 2 heterocycles. The van der Waals surface area contributed by atoms with Crippen LogP contribution in [0, 0.1) is 17.5 Å². The molecule has 242 valence electrons. The average molecular weight is 654 g/mol. The van der Waals surface area contributed by atoms with Crippen molar-refractivity contribution in [2.24, 2.45) is 0 Å². The maximum atomic E-state index is 14.5. The smallest absolute Gasteiger partial charge is 0.409 e. The minimum absolute atomic E-state index is 0.0109. The molecule has 0 spiro atoms. The number of halogens is 4. The molecule has 2 amide bonds. The van der Waals surface area contributed by atoms with E-state index in [4.69, 9.17) is 21.1 Å². The van der Waals surface area contributed by atoms with E-state index in [1.807, 2.05) is 53.4 Å². The van der Waals surface area contributed by atoms with E-state index >= 15 is 0 Å². The van der Waals surface area contributed by atoms with Gasteiger partial charge in [0.2, 0.25) is 5.82 Å².